The quantitative estimate of drug-likeness (QED) is 0.852. The first-order chi connectivity index (χ1) is 8.38. The molecule has 1 unspecified atom stereocenters. The van der Waals surface area contributed by atoms with E-state index in [4.69, 9.17) is 9.47 Å². The van der Waals surface area contributed by atoms with Crippen molar-refractivity contribution in [3.05, 3.63) is 18.2 Å². The lowest BCUT2D eigenvalue weighted by Gasteiger charge is -2.22. The number of pyridine rings is 1. The summed E-state index contributed by atoms with van der Waals surface area (Å²) in [6, 6.07) is 5.79. The number of ether oxygens (including phenoxy) is 2. The number of hydrogen-bond acceptors (Lipinski definition) is 4. The summed E-state index contributed by atoms with van der Waals surface area (Å²) < 4.78 is 10.8. The van der Waals surface area contributed by atoms with Crippen molar-refractivity contribution in [1.29, 1.82) is 0 Å². The Labute approximate surface area is 102 Å². The van der Waals surface area contributed by atoms with E-state index >= 15 is 0 Å². The van der Waals surface area contributed by atoms with Gasteiger partial charge in [0.05, 0.1) is 13.2 Å². The number of aromatic nitrogens is 1. The number of rotatable bonds is 5. The third kappa shape index (κ3) is 3.89. The van der Waals surface area contributed by atoms with Gasteiger partial charge in [-0.1, -0.05) is 6.07 Å². The van der Waals surface area contributed by atoms with Crippen LogP contribution in [0.1, 0.15) is 19.8 Å². The molecule has 1 fully saturated rings. The SMILES string of the molecule is CCOc1cccc(NCC2CCCOC2)n1. The second kappa shape index (κ2) is 6.45. The van der Waals surface area contributed by atoms with Gasteiger partial charge in [0.1, 0.15) is 5.82 Å². The Morgan fingerprint density at radius 1 is 1.53 bits per heavy atom. The molecule has 1 saturated heterocycles. The summed E-state index contributed by atoms with van der Waals surface area (Å²) in [6.45, 7) is 5.30. The smallest absolute Gasteiger partial charge is 0.215 e. The standard InChI is InChI=1S/C13H20N2O2/c1-2-17-13-7-3-6-12(15-13)14-9-11-5-4-8-16-10-11/h3,6-7,11H,2,4-5,8-10H2,1H3,(H,14,15). The minimum atomic E-state index is 0.598. The van der Waals surface area contributed by atoms with E-state index in [2.05, 4.69) is 10.3 Å². The predicted octanol–water partition coefficient (Wildman–Crippen LogP) is 2.32. The van der Waals surface area contributed by atoms with Crippen LogP contribution in [0.5, 0.6) is 5.88 Å². The molecule has 0 aliphatic carbocycles. The summed E-state index contributed by atoms with van der Waals surface area (Å²) in [7, 11) is 0. The zero-order chi connectivity index (χ0) is 11.9. The van der Waals surface area contributed by atoms with Gasteiger partial charge in [0.25, 0.3) is 0 Å². The van der Waals surface area contributed by atoms with Crippen LogP contribution in [-0.2, 0) is 4.74 Å². The van der Waals surface area contributed by atoms with Crippen molar-refractivity contribution in [3.8, 4) is 5.88 Å². The van der Waals surface area contributed by atoms with Crippen LogP contribution in [0.3, 0.4) is 0 Å². The molecule has 1 aliphatic heterocycles. The van der Waals surface area contributed by atoms with Crippen LogP contribution in [0, 0.1) is 5.92 Å². The molecule has 1 aliphatic rings. The first-order valence-corrected chi connectivity index (χ1v) is 6.30. The van der Waals surface area contributed by atoms with Crippen LogP contribution in [0.4, 0.5) is 5.82 Å². The summed E-state index contributed by atoms with van der Waals surface area (Å²) in [4.78, 5) is 4.37. The van der Waals surface area contributed by atoms with Crippen LogP contribution < -0.4 is 10.1 Å². The molecular formula is C13H20N2O2. The zero-order valence-electron chi connectivity index (χ0n) is 10.3. The van der Waals surface area contributed by atoms with E-state index in [-0.39, 0.29) is 0 Å². The average molecular weight is 236 g/mol. The highest BCUT2D eigenvalue weighted by Crippen LogP contribution is 2.16. The van der Waals surface area contributed by atoms with Crippen molar-refractivity contribution in [2.75, 3.05) is 31.7 Å². The Morgan fingerprint density at radius 2 is 2.47 bits per heavy atom. The highest BCUT2D eigenvalue weighted by atomic mass is 16.5. The van der Waals surface area contributed by atoms with Gasteiger partial charge in [-0.3, -0.25) is 0 Å². The lowest BCUT2D eigenvalue weighted by molar-refractivity contribution is 0.0595. The minimum Gasteiger partial charge on any atom is -0.478 e. The van der Waals surface area contributed by atoms with Crippen molar-refractivity contribution < 1.29 is 9.47 Å². The number of nitrogens with zero attached hydrogens (tertiary/aromatic N) is 1. The van der Waals surface area contributed by atoms with E-state index in [1.807, 2.05) is 25.1 Å². The van der Waals surface area contributed by atoms with Crippen LogP contribution in [0.25, 0.3) is 0 Å². The monoisotopic (exact) mass is 236 g/mol. The largest absolute Gasteiger partial charge is 0.478 e. The van der Waals surface area contributed by atoms with Crippen LogP contribution in [-0.4, -0.2) is 31.3 Å². The van der Waals surface area contributed by atoms with E-state index in [0.717, 1.165) is 25.6 Å². The van der Waals surface area contributed by atoms with Gasteiger partial charge in [-0.2, -0.15) is 4.98 Å². The molecule has 94 valence electrons. The van der Waals surface area contributed by atoms with Crippen molar-refractivity contribution in [2.24, 2.45) is 5.92 Å². The van der Waals surface area contributed by atoms with Gasteiger partial charge in [-0.05, 0) is 31.7 Å². The molecule has 0 saturated carbocycles. The average Bonchev–Trinajstić information content (AvgIpc) is 2.39. The lowest BCUT2D eigenvalue weighted by Crippen LogP contribution is -2.24. The third-order valence-electron chi connectivity index (χ3n) is 2.84. The van der Waals surface area contributed by atoms with E-state index < -0.39 is 0 Å². The molecule has 0 radical (unpaired) electrons. The summed E-state index contributed by atoms with van der Waals surface area (Å²) >= 11 is 0. The maximum atomic E-state index is 5.45. The molecule has 0 bridgehead atoms. The van der Waals surface area contributed by atoms with Crippen LogP contribution >= 0.6 is 0 Å². The Balaban J connectivity index is 1.83. The van der Waals surface area contributed by atoms with Crippen molar-refractivity contribution in [1.82, 2.24) is 4.98 Å². The minimum absolute atomic E-state index is 0.598. The fraction of sp³-hybridized carbons (Fsp3) is 0.615. The number of anilines is 1. The Morgan fingerprint density at radius 3 is 3.24 bits per heavy atom. The van der Waals surface area contributed by atoms with Crippen molar-refractivity contribution in [2.45, 2.75) is 19.8 Å². The Kier molecular flexibility index (Phi) is 4.62. The van der Waals surface area contributed by atoms with Crippen molar-refractivity contribution >= 4 is 5.82 Å². The maximum Gasteiger partial charge on any atom is 0.215 e. The van der Waals surface area contributed by atoms with Crippen molar-refractivity contribution in [3.63, 3.8) is 0 Å². The van der Waals surface area contributed by atoms with Gasteiger partial charge in [0, 0.05) is 19.2 Å². The molecule has 2 rings (SSSR count). The predicted molar refractivity (Wildman–Crippen MR) is 67.4 cm³/mol. The maximum absolute atomic E-state index is 5.45. The first kappa shape index (κ1) is 12.2. The summed E-state index contributed by atoms with van der Waals surface area (Å²) in [5.74, 6) is 2.15. The molecule has 1 N–H and O–H groups in total. The van der Waals surface area contributed by atoms with Gasteiger partial charge in [0.2, 0.25) is 5.88 Å². The van der Waals surface area contributed by atoms with Gasteiger partial charge >= 0.3 is 0 Å². The summed E-state index contributed by atoms with van der Waals surface area (Å²) in [6.07, 6.45) is 2.40. The molecule has 4 nitrogen and oxygen atoms in total. The van der Waals surface area contributed by atoms with Crippen LogP contribution in [0.2, 0.25) is 0 Å². The molecule has 0 spiro atoms. The van der Waals surface area contributed by atoms with Gasteiger partial charge < -0.3 is 14.8 Å². The normalized spacial score (nSPS) is 19.9. The van der Waals surface area contributed by atoms with E-state index in [9.17, 15) is 0 Å². The second-order valence-electron chi connectivity index (χ2n) is 4.26. The first-order valence-electron chi connectivity index (χ1n) is 6.30. The molecule has 1 aromatic rings. The molecule has 2 heterocycles. The zero-order valence-corrected chi connectivity index (χ0v) is 10.3. The lowest BCUT2D eigenvalue weighted by atomic mass is 10.0. The summed E-state index contributed by atoms with van der Waals surface area (Å²) in [5, 5.41) is 3.34. The molecule has 4 heteroatoms. The van der Waals surface area contributed by atoms with Gasteiger partial charge in [0.15, 0.2) is 0 Å². The number of nitrogens with one attached hydrogen (secondary N) is 1. The second-order valence-corrected chi connectivity index (χ2v) is 4.26. The highest BCUT2D eigenvalue weighted by molar-refractivity contribution is 5.37. The fourth-order valence-electron chi connectivity index (χ4n) is 1.96. The van der Waals surface area contributed by atoms with E-state index in [1.165, 1.54) is 12.8 Å². The molecule has 1 aromatic heterocycles. The number of hydrogen-bond donors (Lipinski definition) is 1. The highest BCUT2D eigenvalue weighted by Gasteiger charge is 2.13. The van der Waals surface area contributed by atoms with Crippen LogP contribution in [0.15, 0.2) is 18.2 Å². The molecule has 17 heavy (non-hydrogen) atoms. The summed E-state index contributed by atoms with van der Waals surface area (Å²) in [5.41, 5.74) is 0. The molecule has 0 aromatic carbocycles. The van der Waals surface area contributed by atoms with E-state index in [1.54, 1.807) is 0 Å². The third-order valence-corrected chi connectivity index (χ3v) is 2.84. The topological polar surface area (TPSA) is 43.4 Å². The molecular weight excluding hydrogens is 216 g/mol. The molecule has 0 amide bonds. The van der Waals surface area contributed by atoms with Gasteiger partial charge in [-0.15, -0.1) is 0 Å². The Hall–Kier alpha value is -1.29. The van der Waals surface area contributed by atoms with E-state index in [0.29, 0.717) is 18.4 Å². The Bertz CT molecular complexity index is 338. The molecule has 1 atom stereocenters. The fourth-order valence-corrected chi connectivity index (χ4v) is 1.96. The van der Waals surface area contributed by atoms with Gasteiger partial charge in [-0.25, -0.2) is 0 Å².